The van der Waals surface area contributed by atoms with Crippen LogP contribution in [0.3, 0.4) is 0 Å². The summed E-state index contributed by atoms with van der Waals surface area (Å²) >= 11 is 0. The van der Waals surface area contributed by atoms with Gasteiger partial charge in [-0.05, 0) is 62.9 Å². The van der Waals surface area contributed by atoms with Crippen molar-refractivity contribution < 1.29 is 0 Å². The van der Waals surface area contributed by atoms with Gasteiger partial charge in [0.05, 0.1) is 16.7 Å². The first-order valence-electron chi connectivity index (χ1n) is 19.9. The van der Waals surface area contributed by atoms with Crippen LogP contribution in [-0.2, 0) is 0 Å². The van der Waals surface area contributed by atoms with E-state index in [0.717, 1.165) is 55.4 Å². The smallest absolute Gasteiger partial charge is 0.164 e. The Kier molecular flexibility index (Phi) is 8.45. The minimum absolute atomic E-state index is 0.626. The Balaban J connectivity index is 1.07. The van der Waals surface area contributed by atoms with Gasteiger partial charge in [-0.2, -0.15) is 0 Å². The fourth-order valence-electron chi connectivity index (χ4n) is 8.45. The maximum Gasteiger partial charge on any atom is 0.164 e. The number of hydrogen-bond donors (Lipinski definition) is 0. The molecule has 0 radical (unpaired) electrons. The van der Waals surface area contributed by atoms with E-state index in [0.29, 0.717) is 17.5 Å². The molecule has 0 aliphatic rings. The maximum absolute atomic E-state index is 5.22. The summed E-state index contributed by atoms with van der Waals surface area (Å²) in [6.45, 7) is 0. The maximum atomic E-state index is 5.22. The molecule has 0 saturated carbocycles. The molecule has 0 saturated heterocycles. The number of aromatic nitrogens is 4. The quantitative estimate of drug-likeness (QED) is 0.163. The molecule has 0 bridgehead atoms. The molecular formula is C55H36N4. The van der Waals surface area contributed by atoms with Gasteiger partial charge in [0.15, 0.2) is 17.5 Å². The molecule has 0 N–H and O–H groups in total. The third-order valence-corrected chi connectivity index (χ3v) is 11.3. The predicted octanol–water partition coefficient (Wildman–Crippen LogP) is 14.1. The highest BCUT2D eigenvalue weighted by Crippen LogP contribution is 2.41. The van der Waals surface area contributed by atoms with Crippen LogP contribution in [0.25, 0.3) is 106 Å². The Morgan fingerprint density at radius 3 is 1.15 bits per heavy atom. The molecule has 0 fully saturated rings. The Labute approximate surface area is 342 Å². The number of nitrogens with zero attached hydrogens (tertiary/aromatic N) is 4. The van der Waals surface area contributed by atoms with Crippen LogP contribution in [-0.4, -0.2) is 19.5 Å². The van der Waals surface area contributed by atoms with Gasteiger partial charge in [0.1, 0.15) is 0 Å². The summed E-state index contributed by atoms with van der Waals surface area (Å²) in [5.74, 6) is 1.88. The van der Waals surface area contributed by atoms with E-state index in [9.17, 15) is 0 Å². The summed E-state index contributed by atoms with van der Waals surface area (Å²) in [5.41, 5.74) is 13.2. The highest BCUT2D eigenvalue weighted by molar-refractivity contribution is 6.11. The van der Waals surface area contributed by atoms with Crippen LogP contribution in [0.1, 0.15) is 0 Å². The minimum atomic E-state index is 0.626. The lowest BCUT2D eigenvalue weighted by molar-refractivity contribution is 1.08. The largest absolute Gasteiger partial charge is 0.309 e. The van der Waals surface area contributed by atoms with Gasteiger partial charge in [0.25, 0.3) is 0 Å². The van der Waals surface area contributed by atoms with Crippen molar-refractivity contribution in [1.82, 2.24) is 19.5 Å². The molecule has 2 heterocycles. The van der Waals surface area contributed by atoms with E-state index in [2.05, 4.69) is 211 Å². The van der Waals surface area contributed by atoms with Crippen LogP contribution >= 0.6 is 0 Å². The second kappa shape index (κ2) is 14.5. The molecule has 0 aliphatic carbocycles. The Hall–Kier alpha value is -7.95. The minimum Gasteiger partial charge on any atom is -0.309 e. The normalized spacial score (nSPS) is 11.4. The fourth-order valence-corrected chi connectivity index (χ4v) is 8.45. The Morgan fingerprint density at radius 2 is 0.610 bits per heavy atom. The molecule has 0 unspecified atom stereocenters. The summed E-state index contributed by atoms with van der Waals surface area (Å²) in [6.07, 6.45) is 0. The molecule has 59 heavy (non-hydrogen) atoms. The summed E-state index contributed by atoms with van der Waals surface area (Å²) in [7, 11) is 0. The lowest BCUT2D eigenvalue weighted by atomic mass is 9.93. The lowest BCUT2D eigenvalue weighted by Crippen LogP contribution is -2.01. The molecule has 2 aromatic heterocycles. The average molecular weight is 753 g/mol. The van der Waals surface area contributed by atoms with Crippen LogP contribution in [0, 0.1) is 0 Å². The molecule has 0 amide bonds. The number of hydrogen-bond acceptors (Lipinski definition) is 3. The van der Waals surface area contributed by atoms with Gasteiger partial charge in [-0.3, -0.25) is 0 Å². The monoisotopic (exact) mass is 752 g/mol. The molecule has 0 spiro atoms. The topological polar surface area (TPSA) is 43.6 Å². The predicted molar refractivity (Wildman–Crippen MR) is 244 cm³/mol. The van der Waals surface area contributed by atoms with Gasteiger partial charge in [-0.1, -0.05) is 194 Å². The third kappa shape index (κ3) is 6.15. The van der Waals surface area contributed by atoms with E-state index in [1.807, 2.05) is 12.1 Å². The van der Waals surface area contributed by atoms with Crippen LogP contribution in [0.2, 0.25) is 0 Å². The Bertz CT molecular complexity index is 3140. The lowest BCUT2D eigenvalue weighted by Gasteiger charge is -2.17. The SMILES string of the molecule is c1ccc(-c2ccc(-c3nc(-c4ccc(-c5ccccc5)cc4)nc(-c4ccc(-c5ccccc5-n5c6ccccc6c6ccccc65)c5ccccc45)n3)cc2)cc1. The van der Waals surface area contributed by atoms with Crippen LogP contribution in [0.5, 0.6) is 0 Å². The molecule has 4 nitrogen and oxygen atoms in total. The van der Waals surface area contributed by atoms with E-state index < -0.39 is 0 Å². The first-order chi connectivity index (χ1) is 29.3. The number of para-hydroxylation sites is 3. The van der Waals surface area contributed by atoms with Crippen molar-refractivity contribution in [1.29, 1.82) is 0 Å². The van der Waals surface area contributed by atoms with Gasteiger partial charge in [-0.15, -0.1) is 0 Å². The van der Waals surface area contributed by atoms with Crippen molar-refractivity contribution in [3.8, 4) is 73.2 Å². The van der Waals surface area contributed by atoms with Gasteiger partial charge in [0.2, 0.25) is 0 Å². The summed E-state index contributed by atoms with van der Waals surface area (Å²) < 4.78 is 2.40. The second-order valence-electron chi connectivity index (χ2n) is 14.8. The average Bonchev–Trinajstić information content (AvgIpc) is 3.66. The Morgan fingerprint density at radius 1 is 0.237 bits per heavy atom. The summed E-state index contributed by atoms with van der Waals surface area (Å²) in [4.78, 5) is 15.6. The molecule has 276 valence electrons. The molecule has 0 atom stereocenters. The molecule has 11 rings (SSSR count). The number of benzene rings is 9. The summed E-state index contributed by atoms with van der Waals surface area (Å²) in [5, 5.41) is 4.68. The van der Waals surface area contributed by atoms with Crippen LogP contribution in [0.15, 0.2) is 218 Å². The molecule has 4 heteroatoms. The van der Waals surface area contributed by atoms with Gasteiger partial charge >= 0.3 is 0 Å². The second-order valence-corrected chi connectivity index (χ2v) is 14.8. The van der Waals surface area contributed by atoms with Crippen LogP contribution < -0.4 is 0 Å². The van der Waals surface area contributed by atoms with Crippen molar-refractivity contribution in [2.75, 3.05) is 0 Å². The van der Waals surface area contributed by atoms with Gasteiger partial charge < -0.3 is 4.57 Å². The first kappa shape index (κ1) is 34.3. The molecular weight excluding hydrogens is 717 g/mol. The van der Waals surface area contributed by atoms with E-state index in [4.69, 9.17) is 15.0 Å². The highest BCUT2D eigenvalue weighted by atomic mass is 15.0. The zero-order valence-corrected chi connectivity index (χ0v) is 32.1. The van der Waals surface area contributed by atoms with E-state index in [1.54, 1.807) is 0 Å². The summed E-state index contributed by atoms with van der Waals surface area (Å²) in [6, 6.07) is 76.9. The van der Waals surface area contributed by atoms with Gasteiger partial charge in [-0.25, -0.2) is 15.0 Å². The molecule has 0 aliphatic heterocycles. The molecule has 11 aromatic rings. The fraction of sp³-hybridized carbons (Fsp3) is 0. The number of rotatable bonds is 7. The van der Waals surface area contributed by atoms with Crippen molar-refractivity contribution >= 4 is 32.6 Å². The van der Waals surface area contributed by atoms with Crippen molar-refractivity contribution in [2.24, 2.45) is 0 Å². The van der Waals surface area contributed by atoms with Crippen molar-refractivity contribution in [3.63, 3.8) is 0 Å². The standard InChI is InChI=1S/C55H36N4/c1-3-15-37(16-4-1)39-27-31-41(32-28-39)53-56-54(42-33-29-40(30-34-42)38-17-5-2-6-18-38)58-55(57-53)49-36-35-45(43-19-7-8-20-44(43)49)46-21-9-12-24-50(46)59-51-25-13-10-22-47(51)48-23-11-14-26-52(48)59/h1-36H. The third-order valence-electron chi connectivity index (χ3n) is 11.3. The van der Waals surface area contributed by atoms with E-state index in [-0.39, 0.29) is 0 Å². The molecule has 9 aromatic carbocycles. The number of fused-ring (bicyclic) bond motifs is 4. The van der Waals surface area contributed by atoms with Crippen molar-refractivity contribution in [2.45, 2.75) is 0 Å². The highest BCUT2D eigenvalue weighted by Gasteiger charge is 2.19. The first-order valence-corrected chi connectivity index (χ1v) is 19.9. The zero-order chi connectivity index (χ0) is 39.1. The van der Waals surface area contributed by atoms with Crippen LogP contribution in [0.4, 0.5) is 0 Å². The zero-order valence-electron chi connectivity index (χ0n) is 32.1. The van der Waals surface area contributed by atoms with Crippen molar-refractivity contribution in [3.05, 3.63) is 218 Å². The van der Waals surface area contributed by atoms with E-state index in [1.165, 1.54) is 32.9 Å². The van der Waals surface area contributed by atoms with E-state index >= 15 is 0 Å². The van der Waals surface area contributed by atoms with Gasteiger partial charge in [0, 0.05) is 33.0 Å².